The first-order valence-electron chi connectivity index (χ1n) is 9.29. The maximum absolute atomic E-state index is 13.5. The molecule has 0 radical (unpaired) electrons. The van der Waals surface area contributed by atoms with Gasteiger partial charge in [-0.1, -0.05) is 42.5 Å². The van der Waals surface area contributed by atoms with Crippen molar-refractivity contribution in [2.24, 2.45) is 0 Å². The van der Waals surface area contributed by atoms with Gasteiger partial charge in [0.05, 0.1) is 17.3 Å². The zero-order valence-electron chi connectivity index (χ0n) is 16.4. The summed E-state index contributed by atoms with van der Waals surface area (Å²) in [5, 5.41) is 4.21. The molecular formula is C22H17F4N3O3. The Bertz CT molecular complexity index is 1070. The van der Waals surface area contributed by atoms with Crippen LogP contribution in [0.1, 0.15) is 28.4 Å². The summed E-state index contributed by atoms with van der Waals surface area (Å²) in [6.07, 6.45) is -4.72. The molecule has 0 spiro atoms. The number of hydrogen-bond donors (Lipinski definition) is 2. The van der Waals surface area contributed by atoms with Gasteiger partial charge in [0.1, 0.15) is 12.4 Å². The van der Waals surface area contributed by atoms with E-state index in [1.807, 2.05) is 5.32 Å². The highest BCUT2D eigenvalue weighted by atomic mass is 19.4. The number of pyridine rings is 1. The van der Waals surface area contributed by atoms with Gasteiger partial charge in [-0.05, 0) is 35.4 Å². The molecule has 3 amide bonds. The number of benzene rings is 2. The zero-order chi connectivity index (χ0) is 23.1. The van der Waals surface area contributed by atoms with Crippen molar-refractivity contribution >= 4 is 12.1 Å². The molecule has 0 unspecified atom stereocenters. The molecule has 10 heteroatoms. The molecule has 0 saturated heterocycles. The average Bonchev–Trinajstić information content (AvgIpc) is 2.77. The lowest BCUT2D eigenvalue weighted by molar-refractivity contribution is -0.138. The van der Waals surface area contributed by atoms with Gasteiger partial charge >= 0.3 is 18.3 Å². The highest BCUT2D eigenvalue weighted by Gasteiger charge is 2.37. The predicted molar refractivity (Wildman–Crippen MR) is 106 cm³/mol. The summed E-state index contributed by atoms with van der Waals surface area (Å²) in [6.45, 7) is -0.762. The number of aromatic nitrogens is 1. The molecule has 0 aliphatic heterocycles. The highest BCUT2D eigenvalue weighted by molar-refractivity contribution is 5.91. The van der Waals surface area contributed by atoms with Gasteiger partial charge < -0.3 is 10.1 Å². The molecular weight excluding hydrogens is 430 g/mol. The lowest BCUT2D eigenvalue weighted by Crippen LogP contribution is -2.43. The minimum atomic E-state index is -4.74. The molecule has 6 nitrogen and oxygen atoms in total. The molecule has 0 saturated carbocycles. The fraction of sp³-hybridized carbons (Fsp3) is 0.136. The monoisotopic (exact) mass is 447 g/mol. The largest absolute Gasteiger partial charge is 0.420 e. The van der Waals surface area contributed by atoms with Gasteiger partial charge in [-0.25, -0.2) is 19.3 Å². The molecule has 2 N–H and O–H groups in total. The van der Waals surface area contributed by atoms with E-state index >= 15 is 0 Å². The normalized spacial score (nSPS) is 12.0. The number of para-hydroxylation sites is 1. The number of carbonyl (C=O) groups excluding carboxylic acids is 2. The van der Waals surface area contributed by atoms with E-state index in [9.17, 15) is 27.2 Å². The number of carbonyl (C=O) groups is 2. The summed E-state index contributed by atoms with van der Waals surface area (Å²) in [4.78, 5) is 28.2. The second-order valence-corrected chi connectivity index (χ2v) is 6.54. The van der Waals surface area contributed by atoms with Crippen molar-refractivity contribution < 1.29 is 31.9 Å². The molecule has 3 aromatic rings. The maximum atomic E-state index is 13.5. The summed E-state index contributed by atoms with van der Waals surface area (Å²) in [5.41, 5.74) is -1.04. The Balaban J connectivity index is 1.86. The topological polar surface area (TPSA) is 80.3 Å². The fourth-order valence-electron chi connectivity index (χ4n) is 2.88. The fourth-order valence-corrected chi connectivity index (χ4v) is 2.88. The highest BCUT2D eigenvalue weighted by Crippen LogP contribution is 2.35. The standard InChI is InChI=1S/C22H17F4N3O3/c23-13-14-8-10-15(11-9-14)18(19-17(22(24,25)26)7-4-12-27-19)28-20(30)29-21(31)32-16-5-2-1-3-6-16/h1-12,18H,13H2,(H2,28,29,30,31)/t18-/m0/s1. The van der Waals surface area contributed by atoms with Crippen LogP contribution in [0.25, 0.3) is 0 Å². The Morgan fingerprint density at radius 3 is 2.28 bits per heavy atom. The molecule has 0 aliphatic rings. The van der Waals surface area contributed by atoms with Gasteiger partial charge in [-0.3, -0.25) is 4.98 Å². The second kappa shape index (κ2) is 9.90. The lowest BCUT2D eigenvalue weighted by atomic mass is 9.98. The van der Waals surface area contributed by atoms with Crippen LogP contribution >= 0.6 is 0 Å². The van der Waals surface area contributed by atoms with Crippen molar-refractivity contribution in [2.75, 3.05) is 0 Å². The van der Waals surface area contributed by atoms with Crippen LogP contribution in [0.15, 0.2) is 72.9 Å². The van der Waals surface area contributed by atoms with Crippen LogP contribution in [-0.2, 0) is 12.9 Å². The molecule has 1 aromatic heterocycles. The van der Waals surface area contributed by atoms with Crippen LogP contribution in [0.4, 0.5) is 27.2 Å². The molecule has 1 atom stereocenters. The van der Waals surface area contributed by atoms with E-state index in [4.69, 9.17) is 4.74 Å². The minimum Gasteiger partial charge on any atom is -0.410 e. The van der Waals surface area contributed by atoms with E-state index in [2.05, 4.69) is 10.3 Å². The van der Waals surface area contributed by atoms with Crippen molar-refractivity contribution in [1.29, 1.82) is 0 Å². The number of urea groups is 1. The summed E-state index contributed by atoms with van der Waals surface area (Å²) in [6, 6.07) is 12.8. The lowest BCUT2D eigenvalue weighted by Gasteiger charge is -2.22. The van der Waals surface area contributed by atoms with Crippen molar-refractivity contribution in [3.63, 3.8) is 0 Å². The van der Waals surface area contributed by atoms with E-state index in [1.165, 1.54) is 36.4 Å². The van der Waals surface area contributed by atoms with Crippen LogP contribution < -0.4 is 15.4 Å². The van der Waals surface area contributed by atoms with E-state index in [0.717, 1.165) is 18.3 Å². The first-order valence-corrected chi connectivity index (χ1v) is 9.29. The number of ether oxygens (including phenoxy) is 1. The number of amides is 3. The Labute approximate surface area is 180 Å². The van der Waals surface area contributed by atoms with Gasteiger partial charge in [-0.15, -0.1) is 0 Å². The molecule has 2 aromatic carbocycles. The Hall–Kier alpha value is -3.95. The SMILES string of the molecule is O=C(NC(=O)Oc1ccccc1)N[C@@H](c1ccc(CF)cc1)c1ncccc1C(F)(F)F. The third-order valence-corrected chi connectivity index (χ3v) is 4.33. The minimum absolute atomic E-state index is 0.167. The van der Waals surface area contributed by atoms with Crippen LogP contribution in [0.3, 0.4) is 0 Å². The number of nitrogens with one attached hydrogen (secondary N) is 2. The van der Waals surface area contributed by atoms with Crippen molar-refractivity contribution in [3.8, 4) is 5.75 Å². The molecule has 0 aliphatic carbocycles. The van der Waals surface area contributed by atoms with Gasteiger partial charge in [0.2, 0.25) is 0 Å². The molecule has 1 heterocycles. The van der Waals surface area contributed by atoms with Gasteiger partial charge in [-0.2, -0.15) is 13.2 Å². The van der Waals surface area contributed by atoms with E-state index in [1.54, 1.807) is 18.2 Å². The maximum Gasteiger partial charge on any atom is 0.420 e. The smallest absolute Gasteiger partial charge is 0.410 e. The van der Waals surface area contributed by atoms with Gasteiger partial charge in [0.15, 0.2) is 0 Å². The second-order valence-electron chi connectivity index (χ2n) is 6.54. The number of rotatable bonds is 5. The van der Waals surface area contributed by atoms with Crippen LogP contribution in [0, 0.1) is 0 Å². The van der Waals surface area contributed by atoms with E-state index < -0.39 is 42.3 Å². The number of alkyl halides is 4. The van der Waals surface area contributed by atoms with Crippen LogP contribution in [0.5, 0.6) is 5.75 Å². The predicted octanol–water partition coefficient (Wildman–Crippen LogP) is 5.16. The van der Waals surface area contributed by atoms with Gasteiger partial charge in [0.25, 0.3) is 0 Å². The number of hydrogen-bond acceptors (Lipinski definition) is 4. The summed E-state index contributed by atoms with van der Waals surface area (Å²) in [5.74, 6) is 0.167. The first kappa shape index (κ1) is 22.7. The quantitative estimate of drug-likeness (QED) is 0.530. The zero-order valence-corrected chi connectivity index (χ0v) is 16.4. The summed E-state index contributed by atoms with van der Waals surface area (Å²) >= 11 is 0. The number of halogens is 4. The molecule has 3 rings (SSSR count). The molecule has 32 heavy (non-hydrogen) atoms. The molecule has 0 bridgehead atoms. The number of nitrogens with zero attached hydrogens (tertiary/aromatic N) is 1. The average molecular weight is 447 g/mol. The number of imide groups is 1. The van der Waals surface area contributed by atoms with E-state index in [-0.39, 0.29) is 11.3 Å². The van der Waals surface area contributed by atoms with Crippen molar-refractivity contribution in [1.82, 2.24) is 15.6 Å². The first-order chi connectivity index (χ1) is 15.3. The van der Waals surface area contributed by atoms with Crippen molar-refractivity contribution in [2.45, 2.75) is 18.9 Å². The van der Waals surface area contributed by atoms with E-state index in [0.29, 0.717) is 5.56 Å². The van der Waals surface area contributed by atoms with Crippen molar-refractivity contribution in [3.05, 3.63) is 95.3 Å². The molecule has 0 fully saturated rings. The molecule has 166 valence electrons. The summed E-state index contributed by atoms with van der Waals surface area (Å²) < 4.78 is 58.4. The summed E-state index contributed by atoms with van der Waals surface area (Å²) in [7, 11) is 0. The Morgan fingerprint density at radius 1 is 0.969 bits per heavy atom. The Morgan fingerprint density at radius 2 is 1.66 bits per heavy atom. The van der Waals surface area contributed by atoms with Gasteiger partial charge in [0, 0.05) is 6.20 Å². The Kier molecular flexibility index (Phi) is 7.04. The third-order valence-electron chi connectivity index (χ3n) is 4.33. The van der Waals surface area contributed by atoms with Crippen LogP contribution in [-0.4, -0.2) is 17.1 Å². The third kappa shape index (κ3) is 5.81. The van der Waals surface area contributed by atoms with Crippen LogP contribution in [0.2, 0.25) is 0 Å².